The summed E-state index contributed by atoms with van der Waals surface area (Å²) in [5, 5.41) is 11.7. The number of hydrogen-bond donors (Lipinski definition) is 0. The molecule has 5 rings (SSSR count). The summed E-state index contributed by atoms with van der Waals surface area (Å²) >= 11 is 0. The molecule has 0 aromatic heterocycles. The second-order valence-electron chi connectivity index (χ2n) is 8.05. The molecule has 0 unspecified atom stereocenters. The number of aliphatic carboxylic acids is 1. The van der Waals surface area contributed by atoms with E-state index in [1.165, 1.54) is 6.42 Å². The monoisotopic (exact) mass is 353 g/mol. The van der Waals surface area contributed by atoms with Crippen molar-refractivity contribution in [3.63, 3.8) is 0 Å². The van der Waals surface area contributed by atoms with Gasteiger partial charge in [-0.15, -0.1) is 0 Å². The maximum absolute atomic E-state index is 11.7. The van der Waals surface area contributed by atoms with Crippen LogP contribution < -0.4 is 5.11 Å². The van der Waals surface area contributed by atoms with E-state index in [1.54, 1.807) is 0 Å². The summed E-state index contributed by atoms with van der Waals surface area (Å²) in [6, 6.07) is 0. The molecule has 0 amide bonds. The van der Waals surface area contributed by atoms with Gasteiger partial charge in [-0.05, 0) is 25.7 Å². The summed E-state index contributed by atoms with van der Waals surface area (Å²) in [7, 11) is 0. The van der Waals surface area contributed by atoms with Crippen molar-refractivity contribution in [3.05, 3.63) is 0 Å². The Bertz CT molecular complexity index is 538. The van der Waals surface area contributed by atoms with Crippen LogP contribution in [0.4, 0.5) is 0 Å². The van der Waals surface area contributed by atoms with Crippen LogP contribution in [0.2, 0.25) is 0 Å². The van der Waals surface area contributed by atoms with Crippen LogP contribution in [0.3, 0.4) is 0 Å². The van der Waals surface area contributed by atoms with Gasteiger partial charge in [-0.1, -0.05) is 12.8 Å². The molecule has 2 saturated carbocycles. The fraction of sp³-hybridized carbons (Fsp3) is 0.944. The van der Waals surface area contributed by atoms with Gasteiger partial charge in [0, 0.05) is 25.7 Å². The van der Waals surface area contributed by atoms with Crippen molar-refractivity contribution < 1.29 is 33.6 Å². The maximum Gasteiger partial charge on any atom is 0.190 e. The van der Waals surface area contributed by atoms with E-state index in [4.69, 9.17) is 23.7 Å². The predicted molar refractivity (Wildman–Crippen MR) is 81.0 cm³/mol. The third-order valence-electron chi connectivity index (χ3n) is 6.34. The van der Waals surface area contributed by atoms with E-state index in [0.29, 0.717) is 0 Å². The van der Waals surface area contributed by atoms with Gasteiger partial charge in [-0.25, -0.2) is 0 Å². The van der Waals surface area contributed by atoms with Crippen LogP contribution >= 0.6 is 0 Å². The highest BCUT2D eigenvalue weighted by Gasteiger charge is 2.64. The van der Waals surface area contributed by atoms with Gasteiger partial charge < -0.3 is 33.6 Å². The van der Waals surface area contributed by atoms with Crippen LogP contribution in [-0.2, 0) is 28.5 Å². The molecule has 0 N–H and O–H groups in total. The molecular formula is C18H25O7-. The van der Waals surface area contributed by atoms with Crippen molar-refractivity contribution in [1.82, 2.24) is 0 Å². The van der Waals surface area contributed by atoms with Gasteiger partial charge in [0.15, 0.2) is 17.9 Å². The first kappa shape index (κ1) is 16.4. The Labute approximate surface area is 146 Å². The number of carbonyl (C=O) groups excluding carboxylic acids is 1. The van der Waals surface area contributed by atoms with Gasteiger partial charge in [0.25, 0.3) is 0 Å². The first-order valence-corrected chi connectivity index (χ1v) is 9.68. The first-order valence-electron chi connectivity index (χ1n) is 9.68. The Morgan fingerprint density at radius 1 is 0.720 bits per heavy atom. The molecule has 3 aliphatic heterocycles. The Kier molecular flexibility index (Phi) is 3.87. The Balaban J connectivity index is 1.43. The lowest BCUT2D eigenvalue weighted by Crippen LogP contribution is -2.60. The molecule has 25 heavy (non-hydrogen) atoms. The molecule has 5 aliphatic rings. The summed E-state index contributed by atoms with van der Waals surface area (Å²) in [4.78, 5) is 11.7. The van der Waals surface area contributed by atoms with Crippen LogP contribution in [0.5, 0.6) is 0 Å². The molecule has 5 fully saturated rings. The molecule has 5 atom stereocenters. The minimum atomic E-state index is -1.28. The summed E-state index contributed by atoms with van der Waals surface area (Å²) in [6.45, 7) is 0. The topological polar surface area (TPSA) is 86.3 Å². The van der Waals surface area contributed by atoms with Gasteiger partial charge >= 0.3 is 0 Å². The average molecular weight is 353 g/mol. The molecule has 3 saturated heterocycles. The number of fused-ring (bicyclic) bond motifs is 3. The number of carboxylic acids is 1. The van der Waals surface area contributed by atoms with Gasteiger partial charge in [0.2, 0.25) is 0 Å². The van der Waals surface area contributed by atoms with Crippen LogP contribution in [0, 0.1) is 0 Å². The number of rotatable bonds is 1. The minimum absolute atomic E-state index is 0.444. The van der Waals surface area contributed by atoms with E-state index >= 15 is 0 Å². The number of carboxylic acid groups (broad SMARTS) is 1. The van der Waals surface area contributed by atoms with Crippen LogP contribution in [0.1, 0.15) is 64.2 Å². The predicted octanol–water partition coefficient (Wildman–Crippen LogP) is 0.981. The quantitative estimate of drug-likeness (QED) is 0.694. The Morgan fingerprint density at radius 2 is 1.24 bits per heavy atom. The molecule has 0 aromatic carbocycles. The van der Waals surface area contributed by atoms with E-state index in [9.17, 15) is 9.90 Å². The summed E-state index contributed by atoms with van der Waals surface area (Å²) < 4.78 is 30.6. The lowest BCUT2D eigenvalue weighted by Gasteiger charge is -2.37. The summed E-state index contributed by atoms with van der Waals surface area (Å²) in [6.07, 6.45) is 6.07. The van der Waals surface area contributed by atoms with Gasteiger partial charge in [0.05, 0.1) is 5.97 Å². The third kappa shape index (κ3) is 2.63. The lowest BCUT2D eigenvalue weighted by atomic mass is 9.94. The zero-order chi connectivity index (χ0) is 17.1. The van der Waals surface area contributed by atoms with E-state index in [0.717, 1.165) is 57.8 Å². The normalized spacial score (nSPS) is 44.6. The van der Waals surface area contributed by atoms with Crippen molar-refractivity contribution in [2.24, 2.45) is 0 Å². The highest BCUT2D eigenvalue weighted by molar-refractivity contribution is 5.71. The van der Waals surface area contributed by atoms with Gasteiger partial charge in [0.1, 0.15) is 24.4 Å². The average Bonchev–Trinajstić information content (AvgIpc) is 3.13. The maximum atomic E-state index is 11.7. The first-order chi connectivity index (χ1) is 12.1. The molecule has 3 heterocycles. The highest BCUT2D eigenvalue weighted by atomic mass is 16.9. The smallest absolute Gasteiger partial charge is 0.190 e. The minimum Gasteiger partial charge on any atom is -0.547 e. The fourth-order valence-electron chi connectivity index (χ4n) is 5.15. The van der Waals surface area contributed by atoms with Gasteiger partial charge in [-0.2, -0.15) is 0 Å². The fourth-order valence-corrected chi connectivity index (χ4v) is 5.15. The van der Waals surface area contributed by atoms with E-state index < -0.39 is 48.2 Å². The van der Waals surface area contributed by atoms with Crippen molar-refractivity contribution >= 4 is 5.97 Å². The van der Waals surface area contributed by atoms with Crippen molar-refractivity contribution in [1.29, 1.82) is 0 Å². The Hall–Kier alpha value is -0.730. The summed E-state index contributed by atoms with van der Waals surface area (Å²) in [5.41, 5.74) is 0. The van der Waals surface area contributed by atoms with E-state index in [2.05, 4.69) is 0 Å². The van der Waals surface area contributed by atoms with E-state index in [1.807, 2.05) is 0 Å². The second kappa shape index (κ2) is 5.89. The molecule has 2 spiro atoms. The SMILES string of the molecule is O=C([O-])[C@@H]1O[C@H]2OC3(CCCCC3)O[C@@H]2[C@H]2OC3(CCCCC3)O[C@H]21. The number of hydrogen-bond acceptors (Lipinski definition) is 7. The van der Waals surface area contributed by atoms with Crippen LogP contribution in [0.15, 0.2) is 0 Å². The van der Waals surface area contributed by atoms with Crippen LogP contribution in [0.25, 0.3) is 0 Å². The molecule has 0 bridgehead atoms. The largest absolute Gasteiger partial charge is 0.547 e. The molecule has 140 valence electrons. The molecule has 2 aliphatic carbocycles. The highest BCUT2D eigenvalue weighted by Crippen LogP contribution is 2.50. The number of carbonyl (C=O) groups is 1. The van der Waals surface area contributed by atoms with Crippen molar-refractivity contribution in [2.75, 3.05) is 0 Å². The second-order valence-corrected chi connectivity index (χ2v) is 8.05. The molecule has 0 radical (unpaired) electrons. The zero-order valence-electron chi connectivity index (χ0n) is 14.3. The van der Waals surface area contributed by atoms with Crippen molar-refractivity contribution in [3.8, 4) is 0 Å². The van der Waals surface area contributed by atoms with Crippen LogP contribution in [-0.4, -0.2) is 48.2 Å². The third-order valence-corrected chi connectivity index (χ3v) is 6.34. The summed E-state index contributed by atoms with van der Waals surface area (Å²) in [5.74, 6) is -2.64. The molecule has 0 aromatic rings. The van der Waals surface area contributed by atoms with E-state index in [-0.39, 0.29) is 0 Å². The zero-order valence-corrected chi connectivity index (χ0v) is 14.3. The molecule has 7 heteroatoms. The van der Waals surface area contributed by atoms with Gasteiger partial charge in [-0.3, -0.25) is 0 Å². The lowest BCUT2D eigenvalue weighted by molar-refractivity contribution is -0.335. The molecule has 7 nitrogen and oxygen atoms in total. The Morgan fingerprint density at radius 3 is 1.84 bits per heavy atom. The standard InChI is InChI=1S/C18H26O7/c19-15(20)13-11-12(23-17(22-11)7-3-1-4-8-17)14-16(21-13)25-18(24-14)9-5-2-6-10-18/h11-14,16H,1-10H2,(H,19,20)/p-1/t11-,12+,13-,14-,16+/m1/s1. The number of ether oxygens (including phenoxy) is 5. The molecular weight excluding hydrogens is 328 g/mol. The van der Waals surface area contributed by atoms with Crippen molar-refractivity contribution in [2.45, 2.75) is 106 Å².